The summed E-state index contributed by atoms with van der Waals surface area (Å²) < 4.78 is 0. The van der Waals surface area contributed by atoms with E-state index in [0.717, 1.165) is 23.8 Å². The molecule has 2 heteroatoms. The number of allylic oxidation sites excluding steroid dienone is 1. The summed E-state index contributed by atoms with van der Waals surface area (Å²) in [6, 6.07) is 0.823. The van der Waals surface area contributed by atoms with Gasteiger partial charge in [-0.25, -0.2) is 0 Å². The minimum Gasteiger partial charge on any atom is -0.313 e. The SMILES string of the molecule is C1=CC2C(C1)CC2NCC1CCSC1. The van der Waals surface area contributed by atoms with E-state index in [0.29, 0.717) is 0 Å². The summed E-state index contributed by atoms with van der Waals surface area (Å²) in [5.41, 5.74) is 0. The molecule has 78 valence electrons. The average molecular weight is 209 g/mol. The predicted molar refractivity (Wildman–Crippen MR) is 62.6 cm³/mol. The van der Waals surface area contributed by atoms with Gasteiger partial charge >= 0.3 is 0 Å². The van der Waals surface area contributed by atoms with Crippen LogP contribution in [-0.2, 0) is 0 Å². The Kier molecular flexibility index (Phi) is 2.59. The van der Waals surface area contributed by atoms with Crippen LogP contribution in [0.25, 0.3) is 0 Å². The number of hydrogen-bond donors (Lipinski definition) is 1. The maximum Gasteiger partial charge on any atom is 0.0136 e. The summed E-state index contributed by atoms with van der Waals surface area (Å²) >= 11 is 2.12. The maximum absolute atomic E-state index is 3.77. The second-order valence-corrected chi connectivity index (χ2v) is 6.13. The molecule has 2 aliphatic carbocycles. The maximum atomic E-state index is 3.77. The smallest absolute Gasteiger partial charge is 0.0136 e. The highest BCUT2D eigenvalue weighted by Gasteiger charge is 2.40. The van der Waals surface area contributed by atoms with Gasteiger partial charge in [-0.05, 0) is 55.1 Å². The lowest BCUT2D eigenvalue weighted by Gasteiger charge is -2.41. The lowest BCUT2D eigenvalue weighted by atomic mass is 9.71. The van der Waals surface area contributed by atoms with Gasteiger partial charge in [0.2, 0.25) is 0 Å². The van der Waals surface area contributed by atoms with Gasteiger partial charge in [0.15, 0.2) is 0 Å². The first-order valence-corrected chi connectivity index (χ1v) is 7.07. The van der Waals surface area contributed by atoms with Crippen molar-refractivity contribution in [1.82, 2.24) is 5.32 Å². The number of thioether (sulfide) groups is 1. The van der Waals surface area contributed by atoms with Crippen LogP contribution < -0.4 is 5.32 Å². The second-order valence-electron chi connectivity index (χ2n) is 4.98. The van der Waals surface area contributed by atoms with Crippen LogP contribution in [0.5, 0.6) is 0 Å². The minimum atomic E-state index is 0.823. The molecular formula is C12H19NS. The van der Waals surface area contributed by atoms with E-state index in [4.69, 9.17) is 0 Å². The highest BCUT2D eigenvalue weighted by atomic mass is 32.2. The molecule has 3 aliphatic rings. The quantitative estimate of drug-likeness (QED) is 0.716. The number of rotatable bonds is 3. The van der Waals surface area contributed by atoms with Gasteiger partial charge in [-0.15, -0.1) is 0 Å². The third-order valence-electron chi connectivity index (χ3n) is 4.06. The molecule has 1 nitrogen and oxygen atoms in total. The summed E-state index contributed by atoms with van der Waals surface area (Å²) in [6.45, 7) is 1.27. The van der Waals surface area contributed by atoms with E-state index in [-0.39, 0.29) is 0 Å². The molecule has 1 saturated carbocycles. The fourth-order valence-electron chi connectivity index (χ4n) is 3.01. The molecule has 0 amide bonds. The zero-order chi connectivity index (χ0) is 9.38. The summed E-state index contributed by atoms with van der Waals surface area (Å²) in [6.07, 6.45) is 9.03. The lowest BCUT2D eigenvalue weighted by Crippen LogP contribution is -2.49. The van der Waals surface area contributed by atoms with Crippen molar-refractivity contribution in [1.29, 1.82) is 0 Å². The van der Waals surface area contributed by atoms with Crippen LogP contribution in [0.15, 0.2) is 12.2 Å². The van der Waals surface area contributed by atoms with Gasteiger partial charge in [-0.1, -0.05) is 12.2 Å². The first kappa shape index (κ1) is 9.29. The van der Waals surface area contributed by atoms with Crippen molar-refractivity contribution in [2.45, 2.75) is 25.3 Å². The molecule has 1 heterocycles. The molecule has 2 fully saturated rings. The van der Waals surface area contributed by atoms with Crippen LogP contribution in [0, 0.1) is 17.8 Å². The Hall–Kier alpha value is 0.0500. The molecule has 4 unspecified atom stereocenters. The van der Waals surface area contributed by atoms with E-state index in [2.05, 4.69) is 29.2 Å². The van der Waals surface area contributed by atoms with Gasteiger partial charge in [-0.2, -0.15) is 11.8 Å². The molecule has 0 radical (unpaired) electrons. The Morgan fingerprint density at radius 1 is 1.43 bits per heavy atom. The highest BCUT2D eigenvalue weighted by Crippen LogP contribution is 2.42. The van der Waals surface area contributed by atoms with E-state index < -0.39 is 0 Å². The van der Waals surface area contributed by atoms with E-state index in [1.54, 1.807) is 0 Å². The van der Waals surface area contributed by atoms with Crippen LogP contribution in [-0.4, -0.2) is 24.1 Å². The molecule has 3 rings (SSSR count). The van der Waals surface area contributed by atoms with E-state index in [9.17, 15) is 0 Å². The van der Waals surface area contributed by atoms with E-state index in [1.165, 1.54) is 37.3 Å². The van der Waals surface area contributed by atoms with Crippen molar-refractivity contribution < 1.29 is 0 Å². The van der Waals surface area contributed by atoms with Gasteiger partial charge in [0.25, 0.3) is 0 Å². The van der Waals surface area contributed by atoms with Gasteiger partial charge in [0.1, 0.15) is 0 Å². The van der Waals surface area contributed by atoms with E-state index in [1.807, 2.05) is 0 Å². The third kappa shape index (κ3) is 1.63. The monoisotopic (exact) mass is 209 g/mol. The average Bonchev–Trinajstić information content (AvgIpc) is 2.76. The molecule has 0 spiro atoms. The molecule has 0 aromatic heterocycles. The summed E-state index contributed by atoms with van der Waals surface area (Å²) in [5.74, 6) is 5.64. The van der Waals surface area contributed by atoms with Crippen molar-refractivity contribution in [2.75, 3.05) is 18.1 Å². The van der Waals surface area contributed by atoms with Crippen molar-refractivity contribution in [3.05, 3.63) is 12.2 Å². The van der Waals surface area contributed by atoms with Crippen molar-refractivity contribution in [3.63, 3.8) is 0 Å². The van der Waals surface area contributed by atoms with E-state index >= 15 is 0 Å². The standard InChI is InChI=1S/C12H19NS/c1-2-10-6-12(11(10)3-1)13-7-9-4-5-14-8-9/h1,3,9-13H,2,4-8H2. The van der Waals surface area contributed by atoms with Crippen molar-refractivity contribution >= 4 is 11.8 Å². The summed E-state index contributed by atoms with van der Waals surface area (Å²) in [4.78, 5) is 0. The second kappa shape index (κ2) is 3.90. The predicted octanol–water partition coefficient (Wildman–Crippen LogP) is 2.29. The van der Waals surface area contributed by atoms with Crippen molar-refractivity contribution in [2.24, 2.45) is 17.8 Å². The molecule has 4 atom stereocenters. The molecule has 14 heavy (non-hydrogen) atoms. The molecule has 0 aromatic carbocycles. The number of fused-ring (bicyclic) bond motifs is 1. The number of nitrogens with one attached hydrogen (secondary N) is 1. The van der Waals surface area contributed by atoms with Crippen molar-refractivity contribution in [3.8, 4) is 0 Å². The summed E-state index contributed by atoms with van der Waals surface area (Å²) in [5, 5.41) is 3.77. The Balaban J connectivity index is 1.43. The Labute approximate surface area is 90.7 Å². The van der Waals surface area contributed by atoms with Gasteiger partial charge in [-0.3, -0.25) is 0 Å². The number of hydrogen-bond acceptors (Lipinski definition) is 2. The molecule has 1 N–H and O–H groups in total. The van der Waals surface area contributed by atoms with Crippen LogP contribution in [0.3, 0.4) is 0 Å². The lowest BCUT2D eigenvalue weighted by molar-refractivity contribution is 0.159. The zero-order valence-corrected chi connectivity index (χ0v) is 9.43. The molecule has 1 aliphatic heterocycles. The molecule has 1 saturated heterocycles. The van der Waals surface area contributed by atoms with Gasteiger partial charge in [0.05, 0.1) is 0 Å². The van der Waals surface area contributed by atoms with Crippen LogP contribution in [0.4, 0.5) is 0 Å². The Morgan fingerprint density at radius 3 is 3.21 bits per heavy atom. The fourth-order valence-corrected chi connectivity index (χ4v) is 4.29. The first-order chi connectivity index (χ1) is 6.93. The zero-order valence-electron chi connectivity index (χ0n) is 8.61. The largest absolute Gasteiger partial charge is 0.313 e. The molecular weight excluding hydrogens is 190 g/mol. The summed E-state index contributed by atoms with van der Waals surface area (Å²) in [7, 11) is 0. The third-order valence-corrected chi connectivity index (χ3v) is 5.29. The molecule has 0 aromatic rings. The van der Waals surface area contributed by atoms with Crippen LogP contribution in [0.2, 0.25) is 0 Å². The van der Waals surface area contributed by atoms with Crippen LogP contribution in [0.1, 0.15) is 19.3 Å². The fraction of sp³-hybridized carbons (Fsp3) is 0.833. The topological polar surface area (TPSA) is 12.0 Å². The minimum absolute atomic E-state index is 0.823. The van der Waals surface area contributed by atoms with Gasteiger partial charge < -0.3 is 5.32 Å². The normalized spacial score (nSPS) is 45.1. The van der Waals surface area contributed by atoms with Crippen LogP contribution >= 0.6 is 11.8 Å². The Morgan fingerprint density at radius 2 is 2.43 bits per heavy atom. The van der Waals surface area contributed by atoms with Gasteiger partial charge in [0, 0.05) is 6.04 Å². The Bertz CT molecular complexity index is 232. The highest BCUT2D eigenvalue weighted by molar-refractivity contribution is 7.99. The first-order valence-electron chi connectivity index (χ1n) is 5.91. The molecule has 0 bridgehead atoms.